The minimum Gasteiger partial charge on any atom is -0.354 e. The number of H-pyrrole nitrogens is 1. The number of hydrogen-bond acceptors (Lipinski definition) is 6. The molecule has 114 valence electrons. The Labute approximate surface area is 127 Å². The SMILES string of the molecule is CCc1nnc2ccc(N3CCCC(c4ncn[nH]4)C3)nn12. The van der Waals surface area contributed by atoms with E-state index < -0.39 is 0 Å². The fourth-order valence-corrected chi connectivity index (χ4v) is 3.03. The molecular formula is C14H18N8. The lowest BCUT2D eigenvalue weighted by atomic mass is 9.97. The molecule has 4 heterocycles. The van der Waals surface area contributed by atoms with Gasteiger partial charge in [0.05, 0.1) is 0 Å². The zero-order valence-corrected chi connectivity index (χ0v) is 12.5. The number of aromatic nitrogens is 7. The van der Waals surface area contributed by atoms with Gasteiger partial charge in [0.25, 0.3) is 0 Å². The van der Waals surface area contributed by atoms with Crippen molar-refractivity contribution in [3.05, 3.63) is 30.1 Å². The summed E-state index contributed by atoms with van der Waals surface area (Å²) in [6, 6.07) is 4.00. The van der Waals surface area contributed by atoms with Crippen molar-refractivity contribution < 1.29 is 0 Å². The van der Waals surface area contributed by atoms with Gasteiger partial charge in [0.15, 0.2) is 11.5 Å². The van der Waals surface area contributed by atoms with Crippen LogP contribution in [0.4, 0.5) is 5.82 Å². The van der Waals surface area contributed by atoms with Crippen LogP contribution in [0.15, 0.2) is 18.5 Å². The average molecular weight is 298 g/mol. The molecule has 1 aliphatic rings. The van der Waals surface area contributed by atoms with Crippen molar-refractivity contribution in [1.29, 1.82) is 0 Å². The lowest BCUT2D eigenvalue weighted by molar-refractivity contribution is 0.488. The topological polar surface area (TPSA) is 87.9 Å². The van der Waals surface area contributed by atoms with E-state index >= 15 is 0 Å². The molecule has 22 heavy (non-hydrogen) atoms. The molecule has 0 bridgehead atoms. The van der Waals surface area contributed by atoms with Gasteiger partial charge in [-0.2, -0.15) is 9.61 Å². The number of aryl methyl sites for hydroxylation is 1. The fourth-order valence-electron chi connectivity index (χ4n) is 3.03. The van der Waals surface area contributed by atoms with Crippen molar-refractivity contribution in [2.45, 2.75) is 32.1 Å². The molecule has 3 aromatic heterocycles. The van der Waals surface area contributed by atoms with Crippen LogP contribution in [0.2, 0.25) is 0 Å². The maximum atomic E-state index is 4.72. The summed E-state index contributed by atoms with van der Waals surface area (Å²) < 4.78 is 1.84. The number of aromatic amines is 1. The first-order valence-corrected chi connectivity index (χ1v) is 7.66. The molecule has 1 aliphatic heterocycles. The average Bonchev–Trinajstić information content (AvgIpc) is 3.24. The Bertz CT molecular complexity index is 762. The van der Waals surface area contributed by atoms with Gasteiger partial charge in [-0.1, -0.05) is 6.92 Å². The third-order valence-electron chi connectivity index (χ3n) is 4.20. The van der Waals surface area contributed by atoms with E-state index in [1.807, 2.05) is 16.6 Å². The molecule has 8 heteroatoms. The van der Waals surface area contributed by atoms with Gasteiger partial charge in [0, 0.05) is 25.4 Å². The van der Waals surface area contributed by atoms with Crippen LogP contribution >= 0.6 is 0 Å². The summed E-state index contributed by atoms with van der Waals surface area (Å²) >= 11 is 0. The third kappa shape index (κ3) is 2.20. The number of anilines is 1. The van der Waals surface area contributed by atoms with E-state index in [1.165, 1.54) is 0 Å². The fraction of sp³-hybridized carbons (Fsp3) is 0.500. The van der Waals surface area contributed by atoms with E-state index in [4.69, 9.17) is 5.10 Å². The number of piperidine rings is 1. The van der Waals surface area contributed by atoms with Gasteiger partial charge in [-0.15, -0.1) is 15.3 Å². The molecule has 0 spiro atoms. The highest BCUT2D eigenvalue weighted by Crippen LogP contribution is 2.27. The summed E-state index contributed by atoms with van der Waals surface area (Å²) in [6.45, 7) is 3.97. The molecule has 8 nitrogen and oxygen atoms in total. The van der Waals surface area contributed by atoms with E-state index in [2.05, 4.69) is 37.2 Å². The molecule has 1 saturated heterocycles. The summed E-state index contributed by atoms with van der Waals surface area (Å²) in [5, 5.41) is 20.0. The second kappa shape index (κ2) is 5.36. The number of fused-ring (bicyclic) bond motifs is 1. The molecule has 0 amide bonds. The molecule has 3 aromatic rings. The number of rotatable bonds is 3. The van der Waals surface area contributed by atoms with Crippen LogP contribution in [0.3, 0.4) is 0 Å². The van der Waals surface area contributed by atoms with Crippen LogP contribution in [0.1, 0.15) is 37.3 Å². The van der Waals surface area contributed by atoms with Crippen LogP contribution in [-0.2, 0) is 6.42 Å². The largest absolute Gasteiger partial charge is 0.354 e. The van der Waals surface area contributed by atoms with Gasteiger partial charge in [0.2, 0.25) is 0 Å². The van der Waals surface area contributed by atoms with Crippen molar-refractivity contribution in [1.82, 2.24) is 35.0 Å². The number of nitrogens with zero attached hydrogens (tertiary/aromatic N) is 7. The zero-order valence-electron chi connectivity index (χ0n) is 12.5. The highest BCUT2D eigenvalue weighted by molar-refractivity contribution is 5.46. The monoisotopic (exact) mass is 298 g/mol. The molecule has 0 radical (unpaired) electrons. The van der Waals surface area contributed by atoms with Gasteiger partial charge < -0.3 is 4.90 Å². The molecule has 4 rings (SSSR count). The van der Waals surface area contributed by atoms with E-state index in [0.29, 0.717) is 5.92 Å². The van der Waals surface area contributed by atoms with Gasteiger partial charge in [-0.3, -0.25) is 5.10 Å². The molecule has 1 fully saturated rings. The molecule has 0 aliphatic carbocycles. The van der Waals surface area contributed by atoms with Crippen molar-refractivity contribution in [2.24, 2.45) is 0 Å². The maximum Gasteiger partial charge on any atom is 0.178 e. The molecule has 0 aromatic carbocycles. The predicted molar refractivity (Wildman–Crippen MR) is 80.7 cm³/mol. The predicted octanol–water partition coefficient (Wildman–Crippen LogP) is 1.19. The first-order valence-electron chi connectivity index (χ1n) is 7.66. The van der Waals surface area contributed by atoms with Crippen molar-refractivity contribution in [2.75, 3.05) is 18.0 Å². The number of hydrogen-bond donors (Lipinski definition) is 1. The highest BCUT2D eigenvalue weighted by atomic mass is 15.4. The Morgan fingerprint density at radius 1 is 1.32 bits per heavy atom. The lowest BCUT2D eigenvalue weighted by Crippen LogP contribution is -2.35. The summed E-state index contributed by atoms with van der Waals surface area (Å²) in [6.07, 6.45) is 4.64. The van der Waals surface area contributed by atoms with Crippen molar-refractivity contribution in [3.63, 3.8) is 0 Å². The maximum absolute atomic E-state index is 4.72. The first-order chi connectivity index (χ1) is 10.8. The Kier molecular flexibility index (Phi) is 3.21. The van der Waals surface area contributed by atoms with Crippen LogP contribution in [-0.4, -0.2) is 48.1 Å². The number of nitrogens with one attached hydrogen (secondary N) is 1. The Balaban J connectivity index is 1.63. The molecular weight excluding hydrogens is 280 g/mol. The highest BCUT2D eigenvalue weighted by Gasteiger charge is 2.24. The zero-order chi connectivity index (χ0) is 14.9. The third-order valence-corrected chi connectivity index (χ3v) is 4.20. The Hall–Kier alpha value is -2.51. The summed E-state index contributed by atoms with van der Waals surface area (Å²) in [4.78, 5) is 6.60. The normalized spacial score (nSPS) is 19.0. The molecule has 1 unspecified atom stereocenters. The van der Waals surface area contributed by atoms with E-state index in [9.17, 15) is 0 Å². The smallest absolute Gasteiger partial charge is 0.178 e. The van der Waals surface area contributed by atoms with Gasteiger partial charge in [-0.25, -0.2) is 4.98 Å². The van der Waals surface area contributed by atoms with Crippen molar-refractivity contribution in [3.8, 4) is 0 Å². The van der Waals surface area contributed by atoms with Gasteiger partial charge >= 0.3 is 0 Å². The van der Waals surface area contributed by atoms with Crippen LogP contribution < -0.4 is 4.90 Å². The summed E-state index contributed by atoms with van der Waals surface area (Å²) in [5.74, 6) is 3.19. The Morgan fingerprint density at radius 2 is 2.27 bits per heavy atom. The molecule has 1 atom stereocenters. The van der Waals surface area contributed by atoms with E-state index in [0.717, 1.165) is 55.5 Å². The van der Waals surface area contributed by atoms with Crippen LogP contribution in [0.25, 0.3) is 5.65 Å². The molecule has 1 N–H and O–H groups in total. The second-order valence-electron chi connectivity index (χ2n) is 5.59. The quantitative estimate of drug-likeness (QED) is 0.781. The Morgan fingerprint density at radius 3 is 3.09 bits per heavy atom. The standard InChI is InChI=1S/C14H18N8/c1-2-11-17-18-12-5-6-13(20-22(11)12)21-7-3-4-10(8-21)14-15-9-16-19-14/h5-6,9-10H,2-4,7-8H2,1H3,(H,15,16,19). The summed E-state index contributed by atoms with van der Waals surface area (Å²) in [5.41, 5.74) is 0.796. The first kappa shape index (κ1) is 13.2. The summed E-state index contributed by atoms with van der Waals surface area (Å²) in [7, 11) is 0. The van der Waals surface area contributed by atoms with Crippen molar-refractivity contribution >= 4 is 11.5 Å². The molecule has 0 saturated carbocycles. The second-order valence-corrected chi connectivity index (χ2v) is 5.59. The van der Waals surface area contributed by atoms with E-state index in [-0.39, 0.29) is 0 Å². The van der Waals surface area contributed by atoms with Gasteiger partial charge in [-0.05, 0) is 25.0 Å². The minimum absolute atomic E-state index is 0.375. The van der Waals surface area contributed by atoms with Crippen LogP contribution in [0, 0.1) is 0 Å². The van der Waals surface area contributed by atoms with Crippen LogP contribution in [0.5, 0.6) is 0 Å². The lowest BCUT2D eigenvalue weighted by Gasteiger charge is -2.32. The van der Waals surface area contributed by atoms with Gasteiger partial charge in [0.1, 0.15) is 18.0 Å². The van der Waals surface area contributed by atoms with E-state index in [1.54, 1.807) is 6.33 Å². The minimum atomic E-state index is 0.375.